The van der Waals surface area contributed by atoms with Crippen molar-refractivity contribution in [3.05, 3.63) is 28.8 Å². The fourth-order valence-electron chi connectivity index (χ4n) is 1.23. The highest BCUT2D eigenvalue weighted by Gasteiger charge is 2.11. The van der Waals surface area contributed by atoms with Crippen LogP contribution >= 0.6 is 11.6 Å². The Morgan fingerprint density at radius 3 is 2.65 bits per heavy atom. The molecule has 2 N–H and O–H groups in total. The first kappa shape index (κ1) is 13.5. The van der Waals surface area contributed by atoms with Gasteiger partial charge < -0.3 is 9.84 Å². The van der Waals surface area contributed by atoms with Crippen molar-refractivity contribution in [2.45, 2.75) is 0 Å². The molecule has 0 aromatic heterocycles. The Kier molecular flexibility index (Phi) is 4.93. The SMILES string of the molecule is COc1ccc(C(=O)CNCC(=O)O)c(Cl)c1. The number of carboxylic acid groups (broad SMARTS) is 1. The number of rotatable bonds is 6. The minimum absolute atomic E-state index is 0.0711. The van der Waals surface area contributed by atoms with E-state index in [2.05, 4.69) is 5.32 Å². The van der Waals surface area contributed by atoms with Gasteiger partial charge in [-0.05, 0) is 18.2 Å². The van der Waals surface area contributed by atoms with Crippen molar-refractivity contribution in [3.8, 4) is 5.75 Å². The summed E-state index contributed by atoms with van der Waals surface area (Å²) in [4.78, 5) is 21.9. The highest BCUT2D eigenvalue weighted by atomic mass is 35.5. The van der Waals surface area contributed by atoms with E-state index in [4.69, 9.17) is 21.4 Å². The van der Waals surface area contributed by atoms with Crippen LogP contribution in [-0.2, 0) is 4.79 Å². The summed E-state index contributed by atoms with van der Waals surface area (Å²) in [7, 11) is 1.50. The van der Waals surface area contributed by atoms with Gasteiger partial charge >= 0.3 is 5.97 Å². The Morgan fingerprint density at radius 2 is 2.12 bits per heavy atom. The Labute approximate surface area is 103 Å². The second-order valence-electron chi connectivity index (χ2n) is 3.27. The molecular weight excluding hydrogens is 246 g/mol. The number of methoxy groups -OCH3 is 1. The topological polar surface area (TPSA) is 75.6 Å². The molecule has 0 atom stereocenters. The summed E-state index contributed by atoms with van der Waals surface area (Å²) in [6.45, 7) is -0.335. The lowest BCUT2D eigenvalue weighted by atomic mass is 10.1. The minimum atomic E-state index is -1.02. The predicted molar refractivity (Wildman–Crippen MR) is 62.8 cm³/mol. The summed E-state index contributed by atoms with van der Waals surface area (Å²) in [6.07, 6.45) is 0. The van der Waals surface area contributed by atoms with Crippen LogP contribution in [0.4, 0.5) is 0 Å². The molecule has 1 aromatic carbocycles. The van der Waals surface area contributed by atoms with Gasteiger partial charge in [0.15, 0.2) is 5.78 Å². The van der Waals surface area contributed by atoms with Crippen molar-refractivity contribution in [1.82, 2.24) is 5.32 Å². The molecule has 1 aromatic rings. The van der Waals surface area contributed by atoms with Gasteiger partial charge in [-0.2, -0.15) is 0 Å². The first-order valence-electron chi connectivity index (χ1n) is 4.84. The summed E-state index contributed by atoms with van der Waals surface area (Å²) in [6, 6.07) is 4.70. The molecule has 0 aliphatic rings. The number of hydrogen-bond acceptors (Lipinski definition) is 4. The lowest BCUT2D eigenvalue weighted by Crippen LogP contribution is -2.28. The third kappa shape index (κ3) is 4.05. The molecule has 0 amide bonds. The van der Waals surface area contributed by atoms with Crippen LogP contribution in [-0.4, -0.2) is 37.1 Å². The normalized spacial score (nSPS) is 10.0. The maximum atomic E-state index is 11.7. The van der Waals surface area contributed by atoms with Crippen LogP contribution in [0.2, 0.25) is 5.02 Å². The molecule has 5 nitrogen and oxygen atoms in total. The number of carboxylic acids is 1. The van der Waals surface area contributed by atoms with Gasteiger partial charge in [0.25, 0.3) is 0 Å². The van der Waals surface area contributed by atoms with E-state index in [1.165, 1.54) is 13.2 Å². The van der Waals surface area contributed by atoms with E-state index in [0.717, 1.165) is 0 Å². The molecule has 0 fully saturated rings. The van der Waals surface area contributed by atoms with Gasteiger partial charge in [-0.15, -0.1) is 0 Å². The zero-order valence-electron chi connectivity index (χ0n) is 9.20. The smallest absolute Gasteiger partial charge is 0.317 e. The molecule has 0 radical (unpaired) electrons. The van der Waals surface area contributed by atoms with Crippen molar-refractivity contribution in [2.75, 3.05) is 20.2 Å². The number of aliphatic carboxylic acids is 1. The Bertz CT molecular complexity index is 433. The van der Waals surface area contributed by atoms with Crippen LogP contribution in [0.25, 0.3) is 0 Å². The van der Waals surface area contributed by atoms with Crippen LogP contribution in [0, 0.1) is 0 Å². The molecular formula is C11H12ClNO4. The highest BCUT2D eigenvalue weighted by molar-refractivity contribution is 6.34. The summed E-state index contributed by atoms with van der Waals surface area (Å²) in [5, 5.41) is 11.2. The lowest BCUT2D eigenvalue weighted by molar-refractivity contribution is -0.135. The van der Waals surface area contributed by atoms with Crippen molar-refractivity contribution >= 4 is 23.4 Å². The fraction of sp³-hybridized carbons (Fsp3) is 0.273. The van der Waals surface area contributed by atoms with Crippen molar-refractivity contribution in [3.63, 3.8) is 0 Å². The van der Waals surface area contributed by atoms with E-state index in [0.29, 0.717) is 11.3 Å². The van der Waals surface area contributed by atoms with Crippen molar-refractivity contribution < 1.29 is 19.4 Å². The van der Waals surface area contributed by atoms with Gasteiger partial charge in [-0.25, -0.2) is 0 Å². The van der Waals surface area contributed by atoms with Gasteiger partial charge in [0, 0.05) is 5.56 Å². The predicted octanol–water partition coefficient (Wildman–Crippen LogP) is 1.21. The summed E-state index contributed by atoms with van der Waals surface area (Å²) in [5.74, 6) is -0.720. The fourth-order valence-corrected chi connectivity index (χ4v) is 1.50. The molecule has 0 spiro atoms. The zero-order valence-corrected chi connectivity index (χ0v) is 9.95. The molecule has 1 rings (SSSR count). The lowest BCUT2D eigenvalue weighted by Gasteiger charge is -2.06. The van der Waals surface area contributed by atoms with Crippen molar-refractivity contribution in [1.29, 1.82) is 0 Å². The van der Waals surface area contributed by atoms with Crippen LogP contribution in [0.3, 0.4) is 0 Å². The Balaban J connectivity index is 2.66. The number of nitrogens with one attached hydrogen (secondary N) is 1. The molecule has 92 valence electrons. The van der Waals surface area contributed by atoms with Crippen LogP contribution in [0.15, 0.2) is 18.2 Å². The molecule has 0 saturated carbocycles. The van der Waals surface area contributed by atoms with Crippen molar-refractivity contribution in [2.24, 2.45) is 0 Å². The van der Waals surface area contributed by atoms with E-state index in [1.807, 2.05) is 0 Å². The largest absolute Gasteiger partial charge is 0.497 e. The monoisotopic (exact) mass is 257 g/mol. The molecule has 0 bridgehead atoms. The summed E-state index contributed by atoms with van der Waals surface area (Å²) >= 11 is 5.90. The third-order valence-electron chi connectivity index (χ3n) is 2.04. The number of hydrogen-bond donors (Lipinski definition) is 2. The average molecular weight is 258 g/mol. The number of halogens is 1. The summed E-state index contributed by atoms with van der Waals surface area (Å²) in [5.41, 5.74) is 0.338. The van der Waals surface area contributed by atoms with Gasteiger partial charge in [0.2, 0.25) is 0 Å². The minimum Gasteiger partial charge on any atom is -0.497 e. The van der Waals surface area contributed by atoms with E-state index in [1.54, 1.807) is 12.1 Å². The van der Waals surface area contributed by atoms with E-state index in [9.17, 15) is 9.59 Å². The average Bonchev–Trinajstić information content (AvgIpc) is 2.28. The Hall–Kier alpha value is -1.59. The second-order valence-corrected chi connectivity index (χ2v) is 3.67. The molecule has 0 unspecified atom stereocenters. The highest BCUT2D eigenvalue weighted by Crippen LogP contribution is 2.22. The molecule has 0 aliphatic carbocycles. The first-order chi connectivity index (χ1) is 8.04. The molecule has 0 aliphatic heterocycles. The number of Topliss-reactive ketones (excluding diaryl/α,β-unsaturated/α-hetero) is 1. The third-order valence-corrected chi connectivity index (χ3v) is 2.35. The second kappa shape index (κ2) is 6.22. The number of ketones is 1. The number of benzene rings is 1. The molecule has 0 heterocycles. The first-order valence-corrected chi connectivity index (χ1v) is 5.21. The van der Waals surface area contributed by atoms with E-state index < -0.39 is 5.97 Å². The van der Waals surface area contributed by atoms with Crippen LogP contribution in [0.1, 0.15) is 10.4 Å². The number of carbonyl (C=O) groups is 2. The van der Waals surface area contributed by atoms with E-state index >= 15 is 0 Å². The van der Waals surface area contributed by atoms with Gasteiger partial charge in [0.05, 0.1) is 25.2 Å². The number of carbonyl (C=O) groups excluding carboxylic acids is 1. The maximum Gasteiger partial charge on any atom is 0.317 e. The van der Waals surface area contributed by atoms with Gasteiger partial charge in [-0.3, -0.25) is 14.9 Å². The van der Waals surface area contributed by atoms with Crippen LogP contribution in [0.5, 0.6) is 5.75 Å². The maximum absolute atomic E-state index is 11.7. The number of ether oxygens (including phenoxy) is 1. The zero-order chi connectivity index (χ0) is 12.8. The quantitative estimate of drug-likeness (QED) is 0.749. The molecule has 0 saturated heterocycles. The summed E-state index contributed by atoms with van der Waals surface area (Å²) < 4.78 is 4.95. The standard InChI is InChI=1S/C11H12ClNO4/c1-17-7-2-3-8(9(12)4-7)10(14)5-13-6-11(15)16/h2-4,13H,5-6H2,1H3,(H,15,16). The van der Waals surface area contributed by atoms with Gasteiger partial charge in [-0.1, -0.05) is 11.6 Å². The van der Waals surface area contributed by atoms with Gasteiger partial charge in [0.1, 0.15) is 5.75 Å². The molecule has 17 heavy (non-hydrogen) atoms. The Morgan fingerprint density at radius 1 is 1.41 bits per heavy atom. The molecule has 6 heteroatoms. The van der Waals surface area contributed by atoms with E-state index in [-0.39, 0.29) is 23.9 Å². The van der Waals surface area contributed by atoms with Crippen LogP contribution < -0.4 is 10.1 Å².